The Morgan fingerprint density at radius 1 is 1.07 bits per heavy atom. The van der Waals surface area contributed by atoms with Gasteiger partial charge in [-0.15, -0.1) is 0 Å². The first-order valence-electron chi connectivity index (χ1n) is 9.45. The summed E-state index contributed by atoms with van der Waals surface area (Å²) in [7, 11) is -2.48. The molecule has 0 aromatic heterocycles. The number of allylic oxidation sites excluding steroid dienone is 3. The topological polar surface area (TPSA) is 84.9 Å². The fourth-order valence-electron chi connectivity index (χ4n) is 2.90. The lowest BCUT2D eigenvalue weighted by molar-refractivity contribution is 0.0332. The minimum Gasteiger partial charge on any atom is -0.494 e. The van der Waals surface area contributed by atoms with Crippen LogP contribution in [0.4, 0.5) is 0 Å². The quantitative estimate of drug-likeness (QED) is 0.758. The summed E-state index contributed by atoms with van der Waals surface area (Å²) in [6.07, 6.45) is 1.80. The van der Waals surface area contributed by atoms with Crippen LogP contribution in [0.15, 0.2) is 70.8 Å². The standard InChI is InChI=1S/C22H24N2O5S/c1-5-28-19-10-6-17(7-11-19)21-14-15(2)16(3)24(29-21)30(26,27)20-12-8-18(9-13-20)22(25)23-4/h6-14H,5H2,1-4H3,(H,23,25). The number of ether oxygens (including phenoxy) is 1. The summed E-state index contributed by atoms with van der Waals surface area (Å²) < 4.78 is 32.8. The van der Waals surface area contributed by atoms with Crippen LogP contribution >= 0.6 is 0 Å². The molecule has 0 aliphatic carbocycles. The van der Waals surface area contributed by atoms with E-state index in [9.17, 15) is 13.2 Å². The van der Waals surface area contributed by atoms with E-state index >= 15 is 0 Å². The predicted octanol–water partition coefficient (Wildman–Crippen LogP) is 3.72. The lowest BCUT2D eigenvalue weighted by Gasteiger charge is -2.30. The lowest BCUT2D eigenvalue weighted by atomic mass is 10.1. The van der Waals surface area contributed by atoms with Gasteiger partial charge in [0.05, 0.1) is 17.2 Å². The summed E-state index contributed by atoms with van der Waals surface area (Å²) in [6, 6.07) is 12.9. The van der Waals surface area contributed by atoms with Crippen molar-refractivity contribution in [3.05, 3.63) is 77.0 Å². The summed E-state index contributed by atoms with van der Waals surface area (Å²) in [5.74, 6) is 0.842. The molecule has 0 radical (unpaired) electrons. The number of hydrogen-bond donors (Lipinski definition) is 1. The molecule has 7 nitrogen and oxygen atoms in total. The largest absolute Gasteiger partial charge is 0.494 e. The van der Waals surface area contributed by atoms with Crippen LogP contribution in [0.2, 0.25) is 0 Å². The van der Waals surface area contributed by atoms with Crippen molar-refractivity contribution < 1.29 is 22.8 Å². The first-order chi connectivity index (χ1) is 14.3. The molecule has 0 bridgehead atoms. The van der Waals surface area contributed by atoms with Crippen molar-refractivity contribution in [2.75, 3.05) is 13.7 Å². The maximum atomic E-state index is 13.2. The number of hydrogen-bond acceptors (Lipinski definition) is 5. The molecule has 8 heteroatoms. The summed E-state index contributed by atoms with van der Waals surface area (Å²) >= 11 is 0. The lowest BCUT2D eigenvalue weighted by Crippen LogP contribution is -2.32. The summed E-state index contributed by atoms with van der Waals surface area (Å²) in [4.78, 5) is 17.5. The van der Waals surface area contributed by atoms with Crippen molar-refractivity contribution in [1.29, 1.82) is 0 Å². The van der Waals surface area contributed by atoms with Gasteiger partial charge in [0.15, 0.2) is 5.76 Å². The van der Waals surface area contributed by atoms with E-state index in [2.05, 4.69) is 5.32 Å². The van der Waals surface area contributed by atoms with E-state index in [1.165, 1.54) is 31.3 Å². The monoisotopic (exact) mass is 428 g/mol. The second-order valence-corrected chi connectivity index (χ2v) is 8.41. The van der Waals surface area contributed by atoms with E-state index in [1.54, 1.807) is 25.1 Å². The van der Waals surface area contributed by atoms with Crippen LogP contribution in [0.1, 0.15) is 36.7 Å². The number of hydroxylamine groups is 1. The van der Waals surface area contributed by atoms with Gasteiger partial charge in [0.1, 0.15) is 5.75 Å². The average molecular weight is 429 g/mol. The number of carbonyl (C=O) groups excluding carboxylic acids is 1. The van der Waals surface area contributed by atoms with Gasteiger partial charge >= 0.3 is 0 Å². The minimum atomic E-state index is -4.00. The van der Waals surface area contributed by atoms with Crippen LogP contribution in [0, 0.1) is 0 Å². The molecule has 0 saturated carbocycles. The van der Waals surface area contributed by atoms with Crippen molar-refractivity contribution in [1.82, 2.24) is 9.79 Å². The second-order valence-electron chi connectivity index (χ2n) is 6.66. The molecule has 1 N–H and O–H groups in total. The average Bonchev–Trinajstić information content (AvgIpc) is 2.75. The van der Waals surface area contributed by atoms with Gasteiger partial charge in [-0.3, -0.25) is 4.79 Å². The Hall–Kier alpha value is -3.26. The van der Waals surface area contributed by atoms with Crippen molar-refractivity contribution >= 4 is 21.7 Å². The van der Waals surface area contributed by atoms with E-state index in [1.807, 2.05) is 26.0 Å². The SMILES string of the molecule is CCOc1ccc(C2=CC(C)=C(C)N(S(=O)(=O)c3ccc(C(=O)NC)cc3)O2)cc1. The third-order valence-corrected chi connectivity index (χ3v) is 6.34. The molecule has 30 heavy (non-hydrogen) atoms. The van der Waals surface area contributed by atoms with Crippen molar-refractivity contribution in [3.63, 3.8) is 0 Å². The second kappa shape index (κ2) is 8.62. The van der Waals surface area contributed by atoms with Crippen molar-refractivity contribution in [2.45, 2.75) is 25.7 Å². The molecule has 0 unspecified atom stereocenters. The van der Waals surface area contributed by atoms with E-state index in [0.717, 1.165) is 21.4 Å². The van der Waals surface area contributed by atoms with Crippen LogP contribution in [-0.2, 0) is 14.9 Å². The van der Waals surface area contributed by atoms with Gasteiger partial charge in [-0.05, 0) is 81.0 Å². The van der Waals surface area contributed by atoms with E-state index in [0.29, 0.717) is 23.6 Å². The minimum absolute atomic E-state index is 0.0234. The Morgan fingerprint density at radius 2 is 1.70 bits per heavy atom. The zero-order valence-electron chi connectivity index (χ0n) is 17.3. The summed E-state index contributed by atoms with van der Waals surface area (Å²) in [5.41, 5.74) is 2.31. The molecule has 2 aromatic carbocycles. The highest BCUT2D eigenvalue weighted by atomic mass is 32.2. The number of nitrogens with one attached hydrogen (secondary N) is 1. The predicted molar refractivity (Wildman–Crippen MR) is 114 cm³/mol. The Morgan fingerprint density at radius 3 is 2.27 bits per heavy atom. The highest BCUT2D eigenvalue weighted by molar-refractivity contribution is 7.89. The third kappa shape index (κ3) is 4.18. The Balaban J connectivity index is 1.92. The maximum Gasteiger partial charge on any atom is 0.294 e. The fourth-order valence-corrected chi connectivity index (χ4v) is 4.25. The smallest absolute Gasteiger partial charge is 0.294 e. The molecule has 1 amide bonds. The highest BCUT2D eigenvalue weighted by Crippen LogP contribution is 2.33. The highest BCUT2D eigenvalue weighted by Gasteiger charge is 2.31. The van der Waals surface area contributed by atoms with Crippen molar-refractivity contribution in [2.24, 2.45) is 0 Å². The summed E-state index contributed by atoms with van der Waals surface area (Å²) in [6.45, 7) is 5.97. The molecule has 1 aliphatic rings. The van der Waals surface area contributed by atoms with Crippen LogP contribution in [0.3, 0.4) is 0 Å². The van der Waals surface area contributed by atoms with Gasteiger partial charge in [0.2, 0.25) is 0 Å². The van der Waals surface area contributed by atoms with Crippen LogP contribution in [0.25, 0.3) is 5.76 Å². The molecule has 0 fully saturated rings. The van der Waals surface area contributed by atoms with Crippen LogP contribution in [0.5, 0.6) is 5.75 Å². The van der Waals surface area contributed by atoms with Crippen LogP contribution < -0.4 is 10.1 Å². The molecule has 158 valence electrons. The maximum absolute atomic E-state index is 13.2. The normalized spacial score (nSPS) is 14.1. The van der Waals surface area contributed by atoms with Gasteiger partial charge in [0.25, 0.3) is 15.9 Å². The first kappa shape index (κ1) is 21.4. The molecular formula is C22H24N2O5S. The zero-order valence-corrected chi connectivity index (χ0v) is 18.1. The van der Waals surface area contributed by atoms with Gasteiger partial charge in [0, 0.05) is 18.2 Å². The first-order valence-corrected chi connectivity index (χ1v) is 10.9. The molecule has 0 spiro atoms. The van der Waals surface area contributed by atoms with Crippen LogP contribution in [-0.4, -0.2) is 32.4 Å². The Bertz CT molecular complexity index is 1100. The number of benzene rings is 2. The molecule has 0 atom stereocenters. The molecule has 0 saturated heterocycles. The zero-order chi connectivity index (χ0) is 21.9. The number of sulfonamides is 1. The fraction of sp³-hybridized carbons (Fsp3) is 0.227. The number of rotatable bonds is 6. The van der Waals surface area contributed by atoms with Crippen molar-refractivity contribution in [3.8, 4) is 5.75 Å². The molecule has 3 rings (SSSR count). The third-order valence-electron chi connectivity index (χ3n) is 4.68. The number of nitrogens with zero attached hydrogens (tertiary/aromatic N) is 1. The molecule has 2 aromatic rings. The Labute approximate surface area is 176 Å². The summed E-state index contributed by atoms with van der Waals surface area (Å²) in [5, 5.41) is 2.50. The number of carbonyl (C=O) groups is 1. The van der Waals surface area contributed by atoms with E-state index in [4.69, 9.17) is 9.57 Å². The van der Waals surface area contributed by atoms with E-state index in [-0.39, 0.29) is 10.8 Å². The molecule has 1 aliphatic heterocycles. The van der Waals surface area contributed by atoms with Gasteiger partial charge in [-0.25, -0.2) is 0 Å². The molecule has 1 heterocycles. The van der Waals surface area contributed by atoms with Gasteiger partial charge < -0.3 is 14.9 Å². The Kier molecular flexibility index (Phi) is 6.17. The number of amides is 1. The van der Waals surface area contributed by atoms with Gasteiger partial charge in [-0.1, -0.05) is 4.47 Å². The van der Waals surface area contributed by atoms with Gasteiger partial charge in [-0.2, -0.15) is 8.42 Å². The molecular weight excluding hydrogens is 404 g/mol. The van der Waals surface area contributed by atoms with E-state index < -0.39 is 10.0 Å².